The van der Waals surface area contributed by atoms with Crippen molar-refractivity contribution in [2.45, 2.75) is 6.54 Å². The second-order valence-electron chi connectivity index (χ2n) is 5.43. The second-order valence-corrected chi connectivity index (χ2v) is 5.43. The first-order valence-corrected chi connectivity index (χ1v) is 7.95. The maximum Gasteiger partial charge on any atom is 0.255 e. The lowest BCUT2D eigenvalue weighted by Gasteiger charge is -2.11. The van der Waals surface area contributed by atoms with Gasteiger partial charge in [0.1, 0.15) is 18.1 Å². The normalized spacial score (nSPS) is 10.1. The zero-order chi connectivity index (χ0) is 18.9. The van der Waals surface area contributed by atoms with Gasteiger partial charge in [0.15, 0.2) is 0 Å². The number of anilines is 1. The average molecular weight is 358 g/mol. The molecule has 0 aliphatic rings. The van der Waals surface area contributed by atoms with Crippen molar-refractivity contribution in [3.63, 3.8) is 0 Å². The Labute approximate surface area is 152 Å². The van der Waals surface area contributed by atoms with E-state index in [9.17, 15) is 9.59 Å². The minimum Gasteiger partial charge on any atom is -0.497 e. The lowest BCUT2D eigenvalue weighted by molar-refractivity contribution is -0.119. The summed E-state index contributed by atoms with van der Waals surface area (Å²) < 4.78 is 15.2. The van der Waals surface area contributed by atoms with Crippen LogP contribution in [0.15, 0.2) is 42.5 Å². The molecule has 2 aromatic rings. The quantitative estimate of drug-likeness (QED) is 0.756. The van der Waals surface area contributed by atoms with Crippen molar-refractivity contribution in [3.05, 3.63) is 53.6 Å². The van der Waals surface area contributed by atoms with Crippen LogP contribution in [0.4, 0.5) is 5.69 Å². The zero-order valence-corrected chi connectivity index (χ0v) is 15.0. The van der Waals surface area contributed by atoms with Crippen molar-refractivity contribution in [2.75, 3.05) is 33.3 Å². The standard InChI is InChI=1S/C19H22N2O5/c1-24-12-18(22)21-14-6-4-5-13(9-14)11-20-19(23)16-8-7-15(25-2)10-17(16)26-3/h4-10H,11-12H2,1-3H3,(H,20,23)(H,21,22). The molecule has 138 valence electrons. The van der Waals surface area contributed by atoms with E-state index in [0.717, 1.165) is 5.56 Å². The molecule has 2 rings (SSSR count). The minimum atomic E-state index is -0.265. The monoisotopic (exact) mass is 358 g/mol. The molecule has 0 spiro atoms. The van der Waals surface area contributed by atoms with Crippen LogP contribution in [0.2, 0.25) is 0 Å². The van der Waals surface area contributed by atoms with Crippen LogP contribution in [0.25, 0.3) is 0 Å². The Morgan fingerprint density at radius 1 is 1.00 bits per heavy atom. The van der Waals surface area contributed by atoms with Gasteiger partial charge in [-0.15, -0.1) is 0 Å². The number of carbonyl (C=O) groups excluding carboxylic acids is 2. The largest absolute Gasteiger partial charge is 0.497 e. The van der Waals surface area contributed by atoms with E-state index in [-0.39, 0.29) is 18.4 Å². The molecule has 0 saturated heterocycles. The van der Waals surface area contributed by atoms with E-state index in [1.807, 2.05) is 6.07 Å². The molecule has 0 aromatic heterocycles. The number of ether oxygens (including phenoxy) is 3. The van der Waals surface area contributed by atoms with Gasteiger partial charge in [-0.1, -0.05) is 12.1 Å². The molecular weight excluding hydrogens is 336 g/mol. The van der Waals surface area contributed by atoms with E-state index >= 15 is 0 Å². The van der Waals surface area contributed by atoms with Gasteiger partial charge < -0.3 is 24.8 Å². The van der Waals surface area contributed by atoms with Gasteiger partial charge in [-0.2, -0.15) is 0 Å². The van der Waals surface area contributed by atoms with Crippen LogP contribution < -0.4 is 20.1 Å². The van der Waals surface area contributed by atoms with Crippen LogP contribution in [0.1, 0.15) is 15.9 Å². The molecule has 2 amide bonds. The lowest BCUT2D eigenvalue weighted by Crippen LogP contribution is -2.23. The maximum absolute atomic E-state index is 12.4. The van der Waals surface area contributed by atoms with Crippen LogP contribution in [0.5, 0.6) is 11.5 Å². The van der Waals surface area contributed by atoms with E-state index < -0.39 is 0 Å². The van der Waals surface area contributed by atoms with E-state index in [1.54, 1.807) is 43.5 Å². The molecule has 0 heterocycles. The van der Waals surface area contributed by atoms with Crippen molar-refractivity contribution >= 4 is 17.5 Å². The number of hydrogen-bond acceptors (Lipinski definition) is 5. The fourth-order valence-corrected chi connectivity index (χ4v) is 2.35. The van der Waals surface area contributed by atoms with Crippen molar-refractivity contribution < 1.29 is 23.8 Å². The average Bonchev–Trinajstić information content (AvgIpc) is 2.66. The van der Waals surface area contributed by atoms with Crippen LogP contribution in [0.3, 0.4) is 0 Å². The molecular formula is C19H22N2O5. The summed E-state index contributed by atoms with van der Waals surface area (Å²) >= 11 is 0. The maximum atomic E-state index is 12.4. The highest BCUT2D eigenvalue weighted by Gasteiger charge is 2.13. The molecule has 0 atom stereocenters. The molecule has 0 fully saturated rings. The Morgan fingerprint density at radius 2 is 1.81 bits per heavy atom. The molecule has 7 heteroatoms. The molecule has 26 heavy (non-hydrogen) atoms. The number of amides is 2. The SMILES string of the molecule is COCC(=O)Nc1cccc(CNC(=O)c2ccc(OC)cc2OC)c1. The molecule has 0 bridgehead atoms. The second kappa shape index (κ2) is 9.43. The Hall–Kier alpha value is -3.06. The summed E-state index contributed by atoms with van der Waals surface area (Å²) in [4.78, 5) is 24.0. The van der Waals surface area contributed by atoms with Gasteiger partial charge in [-0.05, 0) is 29.8 Å². The highest BCUT2D eigenvalue weighted by molar-refractivity contribution is 5.97. The summed E-state index contributed by atoms with van der Waals surface area (Å²) in [6, 6.07) is 12.2. The first-order valence-electron chi connectivity index (χ1n) is 7.95. The third-order valence-corrected chi connectivity index (χ3v) is 3.59. The Morgan fingerprint density at radius 3 is 2.50 bits per heavy atom. The van der Waals surface area contributed by atoms with Crippen LogP contribution in [-0.2, 0) is 16.1 Å². The topological polar surface area (TPSA) is 85.9 Å². The van der Waals surface area contributed by atoms with Crippen molar-refractivity contribution in [2.24, 2.45) is 0 Å². The summed E-state index contributed by atoms with van der Waals surface area (Å²) in [6.45, 7) is 0.292. The van der Waals surface area contributed by atoms with Gasteiger partial charge in [-0.3, -0.25) is 9.59 Å². The Balaban J connectivity index is 2.02. The number of methoxy groups -OCH3 is 3. The van der Waals surface area contributed by atoms with Crippen molar-refractivity contribution in [1.29, 1.82) is 0 Å². The van der Waals surface area contributed by atoms with E-state index in [1.165, 1.54) is 14.2 Å². The third-order valence-electron chi connectivity index (χ3n) is 3.59. The lowest BCUT2D eigenvalue weighted by atomic mass is 10.1. The first kappa shape index (κ1) is 19.3. The molecule has 7 nitrogen and oxygen atoms in total. The fraction of sp³-hybridized carbons (Fsp3) is 0.263. The molecule has 0 unspecified atom stereocenters. The smallest absolute Gasteiger partial charge is 0.255 e. The van der Waals surface area contributed by atoms with E-state index in [0.29, 0.717) is 29.3 Å². The highest BCUT2D eigenvalue weighted by Crippen LogP contribution is 2.24. The molecule has 0 aliphatic carbocycles. The van der Waals surface area contributed by atoms with Gasteiger partial charge in [0, 0.05) is 25.4 Å². The minimum absolute atomic E-state index is 0.0156. The third kappa shape index (κ3) is 5.22. The van der Waals surface area contributed by atoms with Gasteiger partial charge in [0.2, 0.25) is 5.91 Å². The van der Waals surface area contributed by atoms with Crippen LogP contribution in [-0.4, -0.2) is 39.8 Å². The fourth-order valence-electron chi connectivity index (χ4n) is 2.35. The first-order chi connectivity index (χ1) is 12.6. The Kier molecular flexibility index (Phi) is 6.99. The predicted octanol–water partition coefficient (Wildman–Crippen LogP) is 2.22. The summed E-state index contributed by atoms with van der Waals surface area (Å²) in [6.07, 6.45) is 0. The predicted molar refractivity (Wildman–Crippen MR) is 97.7 cm³/mol. The van der Waals surface area contributed by atoms with Gasteiger partial charge in [-0.25, -0.2) is 0 Å². The molecule has 2 N–H and O–H groups in total. The van der Waals surface area contributed by atoms with E-state index in [4.69, 9.17) is 14.2 Å². The highest BCUT2D eigenvalue weighted by atomic mass is 16.5. The number of hydrogen-bond donors (Lipinski definition) is 2. The van der Waals surface area contributed by atoms with Gasteiger partial charge >= 0.3 is 0 Å². The summed E-state index contributed by atoms with van der Waals surface area (Å²) in [7, 11) is 4.50. The van der Waals surface area contributed by atoms with Crippen LogP contribution in [0, 0.1) is 0 Å². The van der Waals surface area contributed by atoms with E-state index in [2.05, 4.69) is 10.6 Å². The number of carbonyl (C=O) groups is 2. The summed E-state index contributed by atoms with van der Waals surface area (Å²) in [5, 5.41) is 5.56. The van der Waals surface area contributed by atoms with Gasteiger partial charge in [0.25, 0.3) is 5.91 Å². The number of rotatable bonds is 8. The molecule has 0 radical (unpaired) electrons. The molecule has 0 saturated carbocycles. The van der Waals surface area contributed by atoms with Gasteiger partial charge in [0.05, 0.1) is 19.8 Å². The summed E-state index contributed by atoms with van der Waals surface area (Å²) in [5.41, 5.74) is 1.90. The molecule has 0 aliphatic heterocycles. The Bertz CT molecular complexity index is 776. The summed E-state index contributed by atoms with van der Waals surface area (Å²) in [5.74, 6) is 0.537. The molecule has 2 aromatic carbocycles. The number of benzene rings is 2. The van der Waals surface area contributed by atoms with Crippen molar-refractivity contribution in [3.8, 4) is 11.5 Å². The zero-order valence-electron chi connectivity index (χ0n) is 15.0. The number of nitrogens with one attached hydrogen (secondary N) is 2. The van der Waals surface area contributed by atoms with Crippen LogP contribution >= 0.6 is 0 Å². The van der Waals surface area contributed by atoms with Crippen molar-refractivity contribution in [1.82, 2.24) is 5.32 Å².